The average molecular weight is 260 g/mol. The molecule has 102 valence electrons. The highest BCUT2D eigenvalue weighted by molar-refractivity contribution is 6.00. The quantitative estimate of drug-likeness (QED) is 0.880. The number of nitrogens with zero attached hydrogens (tertiary/aromatic N) is 1. The summed E-state index contributed by atoms with van der Waals surface area (Å²) in [6.07, 6.45) is 1.93. The highest BCUT2D eigenvalue weighted by Crippen LogP contribution is 2.40. The van der Waals surface area contributed by atoms with Crippen molar-refractivity contribution in [1.29, 1.82) is 0 Å². The fourth-order valence-corrected chi connectivity index (χ4v) is 3.24. The molecule has 1 spiro atoms. The van der Waals surface area contributed by atoms with Gasteiger partial charge >= 0.3 is 0 Å². The zero-order valence-corrected chi connectivity index (χ0v) is 11.5. The van der Waals surface area contributed by atoms with E-state index < -0.39 is 0 Å². The van der Waals surface area contributed by atoms with Crippen molar-refractivity contribution >= 4 is 11.6 Å². The normalized spacial score (nSPS) is 26.4. The molecule has 1 amide bonds. The second kappa shape index (κ2) is 4.53. The van der Waals surface area contributed by atoms with Crippen molar-refractivity contribution in [3.8, 4) is 5.75 Å². The van der Waals surface area contributed by atoms with Gasteiger partial charge in [0.05, 0.1) is 12.5 Å². The number of hydrogen-bond acceptors (Lipinski definition) is 3. The molecule has 1 aromatic carbocycles. The van der Waals surface area contributed by atoms with Gasteiger partial charge in [-0.25, -0.2) is 0 Å². The Kier molecular flexibility index (Phi) is 2.97. The van der Waals surface area contributed by atoms with Gasteiger partial charge in [-0.2, -0.15) is 0 Å². The Morgan fingerprint density at radius 2 is 2.21 bits per heavy atom. The first kappa shape index (κ1) is 12.5. The number of aryl methyl sites for hydroxylation is 1. The fourth-order valence-electron chi connectivity index (χ4n) is 3.24. The van der Waals surface area contributed by atoms with Crippen LogP contribution in [0.2, 0.25) is 0 Å². The average Bonchev–Trinajstić information content (AvgIpc) is 3.00. The lowest BCUT2D eigenvalue weighted by Gasteiger charge is -2.22. The molecule has 2 aliphatic rings. The van der Waals surface area contributed by atoms with E-state index in [1.165, 1.54) is 0 Å². The van der Waals surface area contributed by atoms with Gasteiger partial charge < -0.3 is 15.0 Å². The van der Waals surface area contributed by atoms with Crippen molar-refractivity contribution in [3.63, 3.8) is 0 Å². The molecule has 2 fully saturated rings. The van der Waals surface area contributed by atoms with Crippen molar-refractivity contribution < 1.29 is 9.53 Å². The molecule has 0 bridgehead atoms. The van der Waals surface area contributed by atoms with Gasteiger partial charge in [-0.3, -0.25) is 4.79 Å². The van der Waals surface area contributed by atoms with Crippen LogP contribution in [-0.4, -0.2) is 32.7 Å². The van der Waals surface area contributed by atoms with Crippen LogP contribution in [0, 0.1) is 12.3 Å². The Labute approximate surface area is 113 Å². The number of carbonyl (C=O) groups excluding carboxylic acids is 1. The molecular formula is C15H20N2O2. The molecule has 1 aromatic rings. The van der Waals surface area contributed by atoms with Gasteiger partial charge in [0.2, 0.25) is 5.91 Å². The maximum Gasteiger partial charge on any atom is 0.234 e. The van der Waals surface area contributed by atoms with Crippen molar-refractivity contribution in [2.24, 2.45) is 5.41 Å². The third kappa shape index (κ3) is 1.91. The summed E-state index contributed by atoms with van der Waals surface area (Å²) in [7, 11) is 1.67. The molecule has 0 aliphatic carbocycles. The van der Waals surface area contributed by atoms with Crippen molar-refractivity contribution in [2.75, 3.05) is 31.6 Å². The van der Waals surface area contributed by atoms with Gasteiger partial charge in [-0.1, -0.05) is 0 Å². The van der Waals surface area contributed by atoms with E-state index in [1.807, 2.05) is 30.0 Å². The maximum absolute atomic E-state index is 12.7. The third-order valence-electron chi connectivity index (χ3n) is 4.45. The molecule has 4 nitrogen and oxygen atoms in total. The third-order valence-corrected chi connectivity index (χ3v) is 4.45. The van der Waals surface area contributed by atoms with Crippen molar-refractivity contribution in [2.45, 2.75) is 19.8 Å². The predicted octanol–water partition coefficient (Wildman–Crippen LogP) is 1.72. The zero-order valence-electron chi connectivity index (χ0n) is 11.5. The number of methoxy groups -OCH3 is 1. The van der Waals surface area contributed by atoms with Crippen LogP contribution < -0.4 is 15.0 Å². The molecule has 19 heavy (non-hydrogen) atoms. The Morgan fingerprint density at radius 3 is 2.84 bits per heavy atom. The molecule has 2 saturated heterocycles. The van der Waals surface area contributed by atoms with Gasteiger partial charge in [0.25, 0.3) is 0 Å². The van der Waals surface area contributed by atoms with Crippen LogP contribution in [0.5, 0.6) is 5.75 Å². The van der Waals surface area contributed by atoms with E-state index in [1.54, 1.807) is 7.11 Å². The van der Waals surface area contributed by atoms with E-state index >= 15 is 0 Å². The molecule has 1 atom stereocenters. The molecule has 2 aliphatic heterocycles. The predicted molar refractivity (Wildman–Crippen MR) is 74.6 cm³/mol. The highest BCUT2D eigenvalue weighted by atomic mass is 16.5. The highest BCUT2D eigenvalue weighted by Gasteiger charge is 2.48. The molecule has 1 unspecified atom stereocenters. The van der Waals surface area contributed by atoms with E-state index in [4.69, 9.17) is 4.74 Å². The monoisotopic (exact) mass is 260 g/mol. The largest absolute Gasteiger partial charge is 0.496 e. The summed E-state index contributed by atoms with van der Waals surface area (Å²) >= 11 is 0. The van der Waals surface area contributed by atoms with E-state index in [0.717, 1.165) is 49.5 Å². The van der Waals surface area contributed by atoms with Crippen LogP contribution in [0.1, 0.15) is 18.4 Å². The number of ether oxygens (including phenoxy) is 1. The number of carbonyl (C=O) groups is 1. The maximum atomic E-state index is 12.7. The van der Waals surface area contributed by atoms with E-state index in [2.05, 4.69) is 5.32 Å². The van der Waals surface area contributed by atoms with Crippen LogP contribution in [0.4, 0.5) is 5.69 Å². The number of rotatable bonds is 2. The van der Waals surface area contributed by atoms with Crippen molar-refractivity contribution in [3.05, 3.63) is 23.8 Å². The van der Waals surface area contributed by atoms with E-state index in [-0.39, 0.29) is 11.3 Å². The van der Waals surface area contributed by atoms with Crippen LogP contribution in [0.3, 0.4) is 0 Å². The van der Waals surface area contributed by atoms with Crippen molar-refractivity contribution in [1.82, 2.24) is 5.32 Å². The molecule has 1 N–H and O–H groups in total. The second-order valence-corrected chi connectivity index (χ2v) is 5.57. The summed E-state index contributed by atoms with van der Waals surface area (Å²) in [6, 6.07) is 5.96. The minimum Gasteiger partial charge on any atom is -0.496 e. The smallest absolute Gasteiger partial charge is 0.234 e. The van der Waals surface area contributed by atoms with Gasteiger partial charge in [0.15, 0.2) is 0 Å². The first-order valence-corrected chi connectivity index (χ1v) is 6.84. The summed E-state index contributed by atoms with van der Waals surface area (Å²) in [5, 5.41) is 3.32. The van der Waals surface area contributed by atoms with Crippen LogP contribution in [0.25, 0.3) is 0 Å². The minimum atomic E-state index is -0.145. The van der Waals surface area contributed by atoms with Crippen LogP contribution in [0.15, 0.2) is 18.2 Å². The molecule has 3 rings (SSSR count). The van der Waals surface area contributed by atoms with Gasteiger partial charge in [-0.05, 0) is 50.1 Å². The summed E-state index contributed by atoms with van der Waals surface area (Å²) < 4.78 is 5.27. The van der Waals surface area contributed by atoms with Gasteiger partial charge in [0, 0.05) is 18.8 Å². The Bertz CT molecular complexity index is 507. The molecule has 2 heterocycles. The molecule has 0 radical (unpaired) electrons. The van der Waals surface area contributed by atoms with Gasteiger partial charge in [-0.15, -0.1) is 0 Å². The standard InChI is InChI=1S/C15H20N2O2/c1-11-9-12(3-4-13(11)19-2)17-8-6-15(14(17)18)5-7-16-10-15/h3-4,9,16H,5-8,10H2,1-2H3. The Balaban J connectivity index is 1.87. The lowest BCUT2D eigenvalue weighted by molar-refractivity contribution is -0.124. The molecule has 4 heteroatoms. The lowest BCUT2D eigenvalue weighted by Crippen LogP contribution is -2.36. The van der Waals surface area contributed by atoms with Crippen LogP contribution >= 0.6 is 0 Å². The summed E-state index contributed by atoms with van der Waals surface area (Å²) in [5.74, 6) is 1.15. The molecular weight excluding hydrogens is 240 g/mol. The summed E-state index contributed by atoms with van der Waals surface area (Å²) in [4.78, 5) is 14.6. The molecule has 0 aromatic heterocycles. The number of nitrogens with one attached hydrogen (secondary N) is 1. The number of anilines is 1. The Morgan fingerprint density at radius 1 is 1.37 bits per heavy atom. The first-order valence-electron chi connectivity index (χ1n) is 6.84. The SMILES string of the molecule is COc1ccc(N2CCC3(CCNC3)C2=O)cc1C. The lowest BCUT2D eigenvalue weighted by atomic mass is 9.86. The Hall–Kier alpha value is -1.55. The second-order valence-electron chi connectivity index (χ2n) is 5.57. The fraction of sp³-hybridized carbons (Fsp3) is 0.533. The van der Waals surface area contributed by atoms with E-state index in [0.29, 0.717) is 0 Å². The zero-order chi connectivity index (χ0) is 13.5. The minimum absolute atomic E-state index is 0.145. The topological polar surface area (TPSA) is 41.6 Å². The van der Waals surface area contributed by atoms with Gasteiger partial charge in [0.1, 0.15) is 5.75 Å². The number of benzene rings is 1. The summed E-state index contributed by atoms with van der Waals surface area (Å²) in [6.45, 7) is 4.63. The first-order chi connectivity index (χ1) is 9.16. The molecule has 0 saturated carbocycles. The number of hydrogen-bond donors (Lipinski definition) is 1. The van der Waals surface area contributed by atoms with E-state index in [9.17, 15) is 4.79 Å². The number of amides is 1. The van der Waals surface area contributed by atoms with Crippen LogP contribution in [-0.2, 0) is 4.79 Å². The summed E-state index contributed by atoms with van der Waals surface area (Å²) in [5.41, 5.74) is 1.92.